The summed E-state index contributed by atoms with van der Waals surface area (Å²) in [6.45, 7) is 4.18. The monoisotopic (exact) mass is 681 g/mol. The molecule has 204 valence electrons. The van der Waals surface area contributed by atoms with Crippen LogP contribution in [0, 0.1) is 0 Å². The number of benzene rings is 3. The minimum absolute atomic E-state index is 0.249. The highest BCUT2D eigenvalue weighted by Crippen LogP contribution is 2.34. The lowest BCUT2D eigenvalue weighted by Crippen LogP contribution is -2.40. The van der Waals surface area contributed by atoms with Crippen molar-refractivity contribution in [2.24, 2.45) is 4.99 Å². The minimum atomic E-state index is -0.686. The Morgan fingerprint density at radius 2 is 1.85 bits per heavy atom. The van der Waals surface area contributed by atoms with E-state index < -0.39 is 6.04 Å². The van der Waals surface area contributed by atoms with Crippen molar-refractivity contribution in [3.05, 3.63) is 118 Å². The first-order valence-electron chi connectivity index (χ1n) is 12.5. The number of hydrogen-bond acceptors (Lipinski definition) is 6. The average Bonchev–Trinajstić information content (AvgIpc) is 3.24. The second kappa shape index (κ2) is 12.0. The van der Waals surface area contributed by atoms with Crippen LogP contribution in [0.1, 0.15) is 31.0 Å². The van der Waals surface area contributed by atoms with Crippen LogP contribution in [-0.2, 0) is 4.79 Å². The number of carbonyl (C=O) groups excluding carboxylic acids is 1. The largest absolute Gasteiger partial charge is 0.497 e. The third-order valence-electron chi connectivity index (χ3n) is 6.34. The zero-order valence-electron chi connectivity index (χ0n) is 21.9. The van der Waals surface area contributed by atoms with Gasteiger partial charge in [-0.25, -0.2) is 4.99 Å². The highest BCUT2D eigenvalue weighted by atomic mass is 79.9. The molecule has 3 aromatic carbocycles. The summed E-state index contributed by atoms with van der Waals surface area (Å²) >= 11 is 8.37. The Labute approximate surface area is 251 Å². The van der Waals surface area contributed by atoms with Gasteiger partial charge in [0, 0.05) is 15.7 Å². The smallest absolute Gasteiger partial charge is 0.271 e. The van der Waals surface area contributed by atoms with Crippen LogP contribution in [-0.4, -0.2) is 24.2 Å². The maximum absolute atomic E-state index is 14.0. The normalized spacial score (nSPS) is 14.9. The lowest BCUT2D eigenvalue weighted by Gasteiger charge is -2.25. The van der Waals surface area contributed by atoms with Crippen LogP contribution in [0.3, 0.4) is 0 Å². The molecule has 7 nitrogen and oxygen atoms in total. The summed E-state index contributed by atoms with van der Waals surface area (Å²) in [6.07, 6.45) is 1.80. The van der Waals surface area contributed by atoms with E-state index >= 15 is 0 Å². The van der Waals surface area contributed by atoms with E-state index in [1.54, 1.807) is 24.7 Å². The number of nitrogens with one attached hydrogen (secondary N) is 1. The molecule has 1 aliphatic rings. The van der Waals surface area contributed by atoms with Crippen molar-refractivity contribution < 1.29 is 14.3 Å². The molecule has 0 spiro atoms. The predicted molar refractivity (Wildman–Crippen MR) is 165 cm³/mol. The summed E-state index contributed by atoms with van der Waals surface area (Å²) in [4.78, 5) is 33.0. The second-order valence-electron chi connectivity index (χ2n) is 8.91. The van der Waals surface area contributed by atoms with Gasteiger partial charge in [-0.05, 0) is 77.8 Å². The summed E-state index contributed by atoms with van der Waals surface area (Å²) in [5, 5.41) is 2.97. The Hall–Kier alpha value is -3.47. The SMILES string of the molecule is CCOc1c(Br)cc(Br)cc1/C=c1/sc2n(c1=O)[C@H](c1ccc(OC)cc1)C(C(=O)Nc1ccccc1)=C(C)N=2. The van der Waals surface area contributed by atoms with Crippen molar-refractivity contribution in [1.82, 2.24) is 4.57 Å². The number of hydrogen-bond donors (Lipinski definition) is 1. The number of anilines is 1. The number of amides is 1. The maximum Gasteiger partial charge on any atom is 0.271 e. The number of rotatable bonds is 7. The molecule has 0 radical (unpaired) electrons. The van der Waals surface area contributed by atoms with Crippen molar-refractivity contribution in [2.75, 3.05) is 19.0 Å². The molecule has 1 amide bonds. The van der Waals surface area contributed by atoms with E-state index in [4.69, 9.17) is 14.5 Å². The fraction of sp³-hybridized carbons (Fsp3) is 0.167. The lowest BCUT2D eigenvalue weighted by molar-refractivity contribution is -0.113. The maximum atomic E-state index is 14.0. The Kier molecular flexibility index (Phi) is 8.39. The summed E-state index contributed by atoms with van der Waals surface area (Å²) in [5.41, 5.74) is 2.85. The predicted octanol–water partition coefficient (Wildman–Crippen LogP) is 5.81. The number of allylic oxidation sites excluding steroid dienone is 1. The molecular formula is C30H25Br2N3O4S. The highest BCUT2D eigenvalue weighted by Gasteiger charge is 2.32. The molecule has 0 saturated heterocycles. The van der Waals surface area contributed by atoms with Gasteiger partial charge in [-0.15, -0.1) is 0 Å². The molecule has 1 atom stereocenters. The quantitative estimate of drug-likeness (QED) is 0.267. The third kappa shape index (κ3) is 5.56. The van der Waals surface area contributed by atoms with Crippen molar-refractivity contribution in [3.63, 3.8) is 0 Å². The van der Waals surface area contributed by atoms with Crippen LogP contribution >= 0.6 is 43.2 Å². The van der Waals surface area contributed by atoms with Gasteiger partial charge in [0.2, 0.25) is 0 Å². The number of aromatic nitrogens is 1. The standard InChI is InChI=1S/C30H25Br2N3O4S/c1-4-39-27-19(14-20(31)16-23(27)32)15-24-29(37)35-26(18-10-12-22(38-3)13-11-18)25(17(2)33-30(35)40-24)28(36)34-21-8-6-5-7-9-21/h5-16,26H,4H2,1-3H3,(H,34,36)/b24-15+/t26-/m1/s1. The van der Waals surface area contributed by atoms with Crippen molar-refractivity contribution in [1.29, 1.82) is 0 Å². The lowest BCUT2D eigenvalue weighted by atomic mass is 9.95. The Morgan fingerprint density at radius 1 is 1.12 bits per heavy atom. The van der Waals surface area contributed by atoms with Gasteiger partial charge >= 0.3 is 0 Å². The zero-order valence-corrected chi connectivity index (χ0v) is 25.9. The molecule has 1 N–H and O–H groups in total. The first kappa shape index (κ1) is 28.1. The fourth-order valence-corrected chi connectivity index (χ4v) is 6.97. The first-order chi connectivity index (χ1) is 19.3. The van der Waals surface area contributed by atoms with Gasteiger partial charge < -0.3 is 14.8 Å². The van der Waals surface area contributed by atoms with Crippen molar-refractivity contribution in [3.8, 4) is 11.5 Å². The van der Waals surface area contributed by atoms with Gasteiger partial charge in [-0.1, -0.05) is 57.6 Å². The average molecular weight is 683 g/mol. The molecule has 5 rings (SSSR count). The molecule has 0 bridgehead atoms. The number of nitrogens with zero attached hydrogens (tertiary/aromatic N) is 2. The van der Waals surface area contributed by atoms with E-state index in [2.05, 4.69) is 37.2 Å². The van der Waals surface area contributed by atoms with E-state index in [9.17, 15) is 9.59 Å². The van der Waals surface area contributed by atoms with Crippen LogP contribution in [0.2, 0.25) is 0 Å². The van der Waals surface area contributed by atoms with Gasteiger partial charge in [0.15, 0.2) is 4.80 Å². The van der Waals surface area contributed by atoms with E-state index in [1.165, 1.54) is 11.3 Å². The molecule has 0 saturated carbocycles. The summed E-state index contributed by atoms with van der Waals surface area (Å²) in [6, 6.07) is 19.7. The summed E-state index contributed by atoms with van der Waals surface area (Å²) in [5.74, 6) is 0.996. The zero-order chi connectivity index (χ0) is 28.4. The fourth-order valence-electron chi connectivity index (χ4n) is 4.56. The van der Waals surface area contributed by atoms with Crippen LogP contribution < -0.4 is 29.7 Å². The van der Waals surface area contributed by atoms with Crippen LogP contribution in [0.4, 0.5) is 5.69 Å². The molecular weight excluding hydrogens is 658 g/mol. The summed E-state index contributed by atoms with van der Waals surface area (Å²) < 4.78 is 14.9. The number of fused-ring (bicyclic) bond motifs is 1. The first-order valence-corrected chi connectivity index (χ1v) is 14.9. The number of thiazole rings is 1. The number of halogens is 2. The molecule has 0 fully saturated rings. The van der Waals surface area contributed by atoms with Crippen LogP contribution in [0.5, 0.6) is 11.5 Å². The molecule has 2 heterocycles. The van der Waals surface area contributed by atoms with Gasteiger partial charge in [-0.2, -0.15) is 0 Å². The topological polar surface area (TPSA) is 81.9 Å². The number of para-hydroxylation sites is 1. The van der Waals surface area contributed by atoms with Crippen LogP contribution in [0.15, 0.2) is 96.7 Å². The Morgan fingerprint density at radius 3 is 2.52 bits per heavy atom. The van der Waals surface area contributed by atoms with E-state index in [1.807, 2.05) is 73.7 Å². The Balaban J connectivity index is 1.69. The molecule has 4 aromatic rings. The highest BCUT2D eigenvalue weighted by molar-refractivity contribution is 9.11. The minimum Gasteiger partial charge on any atom is -0.497 e. The molecule has 1 aliphatic heterocycles. The third-order valence-corrected chi connectivity index (χ3v) is 8.37. The number of ether oxygens (including phenoxy) is 2. The van der Waals surface area contributed by atoms with Gasteiger partial charge in [0.25, 0.3) is 11.5 Å². The van der Waals surface area contributed by atoms with E-state index in [0.29, 0.717) is 44.4 Å². The molecule has 1 aromatic heterocycles. The van der Waals surface area contributed by atoms with Gasteiger partial charge in [-0.3, -0.25) is 14.2 Å². The van der Waals surface area contributed by atoms with Gasteiger partial charge in [0.05, 0.1) is 40.0 Å². The number of carbonyl (C=O) groups is 1. The number of methoxy groups -OCH3 is 1. The van der Waals surface area contributed by atoms with Gasteiger partial charge in [0.1, 0.15) is 11.5 Å². The summed E-state index contributed by atoms with van der Waals surface area (Å²) in [7, 11) is 1.59. The van der Waals surface area contributed by atoms with E-state index in [-0.39, 0.29) is 11.5 Å². The second-order valence-corrected chi connectivity index (χ2v) is 11.7. The molecule has 0 unspecified atom stereocenters. The van der Waals surface area contributed by atoms with Crippen molar-refractivity contribution in [2.45, 2.75) is 19.9 Å². The molecule has 40 heavy (non-hydrogen) atoms. The Bertz CT molecular complexity index is 1800. The van der Waals surface area contributed by atoms with Crippen LogP contribution in [0.25, 0.3) is 6.08 Å². The molecule has 10 heteroatoms. The van der Waals surface area contributed by atoms with E-state index in [0.717, 1.165) is 20.1 Å². The molecule has 0 aliphatic carbocycles. The van der Waals surface area contributed by atoms with Crippen molar-refractivity contribution >= 4 is 60.9 Å².